The second-order valence-corrected chi connectivity index (χ2v) is 4.48. The second kappa shape index (κ2) is 4.65. The SMILES string of the molecule is COc1ccc(-c2c(N)ccc3ccccc23)cc1. The van der Waals surface area contributed by atoms with E-state index < -0.39 is 0 Å². The zero-order valence-electron chi connectivity index (χ0n) is 10.8. The summed E-state index contributed by atoms with van der Waals surface area (Å²) in [5.41, 5.74) is 9.14. The number of hydrogen-bond donors (Lipinski definition) is 1. The largest absolute Gasteiger partial charge is 0.497 e. The van der Waals surface area contributed by atoms with Crippen LogP contribution in [0.15, 0.2) is 60.7 Å². The summed E-state index contributed by atoms with van der Waals surface area (Å²) in [4.78, 5) is 0. The molecular formula is C17H15NO. The lowest BCUT2D eigenvalue weighted by atomic mass is 9.96. The lowest BCUT2D eigenvalue weighted by Crippen LogP contribution is -1.91. The van der Waals surface area contributed by atoms with Crippen molar-refractivity contribution in [2.45, 2.75) is 0 Å². The first-order valence-electron chi connectivity index (χ1n) is 6.21. The number of nitrogen functional groups attached to an aromatic ring is 1. The van der Waals surface area contributed by atoms with Crippen molar-refractivity contribution in [2.24, 2.45) is 0 Å². The second-order valence-electron chi connectivity index (χ2n) is 4.48. The van der Waals surface area contributed by atoms with Crippen LogP contribution in [0.25, 0.3) is 21.9 Å². The fraction of sp³-hybridized carbons (Fsp3) is 0.0588. The molecule has 2 nitrogen and oxygen atoms in total. The molecule has 0 aliphatic carbocycles. The Kier molecular flexibility index (Phi) is 2.84. The van der Waals surface area contributed by atoms with E-state index >= 15 is 0 Å². The van der Waals surface area contributed by atoms with E-state index in [2.05, 4.69) is 18.2 Å². The molecule has 94 valence electrons. The molecule has 0 spiro atoms. The molecule has 0 saturated heterocycles. The first kappa shape index (κ1) is 11.6. The Hall–Kier alpha value is -2.48. The van der Waals surface area contributed by atoms with E-state index in [1.165, 1.54) is 10.8 Å². The van der Waals surface area contributed by atoms with Gasteiger partial charge in [-0.25, -0.2) is 0 Å². The van der Waals surface area contributed by atoms with Crippen molar-refractivity contribution >= 4 is 16.5 Å². The molecule has 0 unspecified atom stereocenters. The third kappa shape index (κ3) is 2.02. The molecule has 0 aliphatic rings. The number of benzene rings is 3. The van der Waals surface area contributed by atoms with Crippen LogP contribution in [0, 0.1) is 0 Å². The monoisotopic (exact) mass is 249 g/mol. The van der Waals surface area contributed by atoms with Crippen molar-refractivity contribution in [3.63, 3.8) is 0 Å². The van der Waals surface area contributed by atoms with Gasteiger partial charge < -0.3 is 10.5 Å². The number of methoxy groups -OCH3 is 1. The van der Waals surface area contributed by atoms with Gasteiger partial charge in [-0.3, -0.25) is 0 Å². The zero-order chi connectivity index (χ0) is 13.2. The highest BCUT2D eigenvalue weighted by Gasteiger charge is 2.07. The molecule has 3 rings (SSSR count). The number of fused-ring (bicyclic) bond motifs is 1. The number of nitrogens with two attached hydrogens (primary N) is 1. The van der Waals surface area contributed by atoms with E-state index in [0.717, 1.165) is 22.6 Å². The minimum Gasteiger partial charge on any atom is -0.497 e. The molecule has 0 bridgehead atoms. The molecule has 3 aromatic rings. The Bertz CT molecular complexity index is 717. The zero-order valence-corrected chi connectivity index (χ0v) is 10.8. The average Bonchev–Trinajstić information content (AvgIpc) is 2.47. The van der Waals surface area contributed by atoms with Crippen LogP contribution in [-0.2, 0) is 0 Å². The van der Waals surface area contributed by atoms with Crippen molar-refractivity contribution in [1.82, 2.24) is 0 Å². The number of ether oxygens (including phenoxy) is 1. The first-order valence-corrected chi connectivity index (χ1v) is 6.21. The number of hydrogen-bond acceptors (Lipinski definition) is 2. The minimum atomic E-state index is 0.795. The third-order valence-electron chi connectivity index (χ3n) is 3.34. The highest BCUT2D eigenvalue weighted by molar-refractivity contribution is 6.02. The first-order chi connectivity index (χ1) is 9.29. The van der Waals surface area contributed by atoms with Crippen molar-refractivity contribution in [1.29, 1.82) is 0 Å². The number of rotatable bonds is 2. The van der Waals surface area contributed by atoms with Gasteiger partial charge in [0.1, 0.15) is 5.75 Å². The van der Waals surface area contributed by atoms with Crippen molar-refractivity contribution in [3.8, 4) is 16.9 Å². The summed E-state index contributed by atoms with van der Waals surface area (Å²) in [5, 5.41) is 2.37. The highest BCUT2D eigenvalue weighted by Crippen LogP contribution is 2.34. The van der Waals surface area contributed by atoms with Crippen LogP contribution in [0.1, 0.15) is 0 Å². The lowest BCUT2D eigenvalue weighted by Gasteiger charge is -2.11. The van der Waals surface area contributed by atoms with Crippen molar-refractivity contribution in [3.05, 3.63) is 60.7 Å². The molecule has 0 aromatic heterocycles. The number of anilines is 1. The van der Waals surface area contributed by atoms with Gasteiger partial charge in [-0.15, -0.1) is 0 Å². The quantitative estimate of drug-likeness (QED) is 0.694. The van der Waals surface area contributed by atoms with Crippen LogP contribution >= 0.6 is 0 Å². The van der Waals surface area contributed by atoms with Gasteiger partial charge in [-0.2, -0.15) is 0 Å². The van der Waals surface area contributed by atoms with E-state index in [1.807, 2.05) is 42.5 Å². The maximum absolute atomic E-state index is 6.16. The predicted octanol–water partition coefficient (Wildman–Crippen LogP) is 4.10. The van der Waals surface area contributed by atoms with Crippen molar-refractivity contribution < 1.29 is 4.74 Å². The Morgan fingerprint density at radius 3 is 2.32 bits per heavy atom. The summed E-state index contributed by atoms with van der Waals surface area (Å²) in [5.74, 6) is 0.850. The Labute approximate surface area is 112 Å². The fourth-order valence-corrected chi connectivity index (χ4v) is 2.37. The van der Waals surface area contributed by atoms with E-state index in [1.54, 1.807) is 7.11 Å². The van der Waals surface area contributed by atoms with Gasteiger partial charge in [0.25, 0.3) is 0 Å². The summed E-state index contributed by atoms with van der Waals surface area (Å²) in [6.07, 6.45) is 0. The Morgan fingerprint density at radius 2 is 1.58 bits per heavy atom. The van der Waals surface area contributed by atoms with Crippen LogP contribution in [0.3, 0.4) is 0 Å². The summed E-state index contributed by atoms with van der Waals surface area (Å²) < 4.78 is 5.19. The highest BCUT2D eigenvalue weighted by atomic mass is 16.5. The van der Waals surface area contributed by atoms with Crippen molar-refractivity contribution in [2.75, 3.05) is 12.8 Å². The molecule has 0 radical (unpaired) electrons. The smallest absolute Gasteiger partial charge is 0.118 e. The summed E-state index contributed by atoms with van der Waals surface area (Å²) >= 11 is 0. The molecule has 0 saturated carbocycles. The molecule has 3 aromatic carbocycles. The molecular weight excluding hydrogens is 234 g/mol. The maximum Gasteiger partial charge on any atom is 0.118 e. The molecule has 2 N–H and O–H groups in total. The minimum absolute atomic E-state index is 0.795. The Morgan fingerprint density at radius 1 is 0.842 bits per heavy atom. The van der Waals surface area contributed by atoms with Gasteiger partial charge in [0.05, 0.1) is 7.11 Å². The molecule has 0 aliphatic heterocycles. The molecule has 0 heterocycles. The van der Waals surface area contributed by atoms with E-state index in [4.69, 9.17) is 10.5 Å². The van der Waals surface area contributed by atoms with E-state index in [0.29, 0.717) is 0 Å². The molecule has 0 amide bonds. The van der Waals surface area contributed by atoms with Crippen LogP contribution in [0.4, 0.5) is 5.69 Å². The third-order valence-corrected chi connectivity index (χ3v) is 3.34. The van der Waals surface area contributed by atoms with Crippen LogP contribution < -0.4 is 10.5 Å². The topological polar surface area (TPSA) is 35.2 Å². The van der Waals surface area contributed by atoms with E-state index in [9.17, 15) is 0 Å². The van der Waals surface area contributed by atoms with Gasteiger partial charge >= 0.3 is 0 Å². The molecule has 0 atom stereocenters. The summed E-state index contributed by atoms with van der Waals surface area (Å²) in [7, 11) is 1.67. The van der Waals surface area contributed by atoms with Gasteiger partial charge in [-0.05, 0) is 34.5 Å². The van der Waals surface area contributed by atoms with Gasteiger partial charge in [-0.1, -0.05) is 42.5 Å². The van der Waals surface area contributed by atoms with Gasteiger partial charge in [0.15, 0.2) is 0 Å². The van der Waals surface area contributed by atoms with Gasteiger partial charge in [0, 0.05) is 11.3 Å². The Balaban J connectivity index is 2.25. The standard InChI is InChI=1S/C17H15NO/c1-19-14-9-6-13(7-10-14)17-15-5-3-2-4-12(15)8-11-16(17)18/h2-11H,18H2,1H3. The predicted molar refractivity (Wildman–Crippen MR) is 80.3 cm³/mol. The van der Waals surface area contributed by atoms with Gasteiger partial charge in [0.2, 0.25) is 0 Å². The molecule has 2 heteroatoms. The fourth-order valence-electron chi connectivity index (χ4n) is 2.37. The lowest BCUT2D eigenvalue weighted by molar-refractivity contribution is 0.415. The van der Waals surface area contributed by atoms with Crippen LogP contribution in [0.2, 0.25) is 0 Å². The van der Waals surface area contributed by atoms with E-state index in [-0.39, 0.29) is 0 Å². The molecule has 19 heavy (non-hydrogen) atoms. The summed E-state index contributed by atoms with van der Waals surface area (Å²) in [6.45, 7) is 0. The van der Waals surface area contributed by atoms with Crippen LogP contribution in [-0.4, -0.2) is 7.11 Å². The maximum atomic E-state index is 6.16. The summed E-state index contributed by atoms with van der Waals surface area (Å²) in [6, 6.07) is 20.3. The van der Waals surface area contributed by atoms with Crippen LogP contribution in [0.5, 0.6) is 5.75 Å². The molecule has 0 fully saturated rings. The average molecular weight is 249 g/mol. The normalized spacial score (nSPS) is 10.6.